The van der Waals surface area contributed by atoms with E-state index >= 15 is 0 Å². The number of alkyl halides is 3. The summed E-state index contributed by atoms with van der Waals surface area (Å²) in [6, 6.07) is 2.11. The first-order valence-corrected chi connectivity index (χ1v) is 4.70. The van der Waals surface area contributed by atoms with Gasteiger partial charge in [0.2, 0.25) is 0 Å². The van der Waals surface area contributed by atoms with Gasteiger partial charge in [0.1, 0.15) is 11.3 Å². The second kappa shape index (κ2) is 3.66. The molecular formula is C10H4ClF3O3. The van der Waals surface area contributed by atoms with Crippen molar-refractivity contribution in [3.8, 4) is 5.75 Å². The molecule has 0 atom stereocenters. The number of phenols is 1. The molecule has 1 aromatic carbocycles. The van der Waals surface area contributed by atoms with Crippen molar-refractivity contribution in [3.05, 3.63) is 39.2 Å². The summed E-state index contributed by atoms with van der Waals surface area (Å²) < 4.78 is 42.5. The van der Waals surface area contributed by atoms with Crippen LogP contribution in [0, 0.1) is 0 Å². The molecule has 0 spiro atoms. The zero-order valence-corrected chi connectivity index (χ0v) is 8.76. The van der Waals surface area contributed by atoms with E-state index in [1.807, 2.05) is 0 Å². The molecule has 17 heavy (non-hydrogen) atoms. The molecule has 90 valence electrons. The summed E-state index contributed by atoms with van der Waals surface area (Å²) in [5.41, 5.74) is -2.66. The van der Waals surface area contributed by atoms with Gasteiger partial charge in [-0.15, -0.1) is 0 Å². The zero-order valence-electron chi connectivity index (χ0n) is 8.01. The first kappa shape index (κ1) is 11.8. The minimum atomic E-state index is -4.70. The van der Waals surface area contributed by atoms with Gasteiger partial charge in [-0.1, -0.05) is 11.6 Å². The Labute approximate surface area is 97.0 Å². The topological polar surface area (TPSA) is 50.4 Å². The molecule has 0 amide bonds. The lowest BCUT2D eigenvalue weighted by atomic mass is 10.1. The molecule has 1 heterocycles. The molecule has 0 bridgehead atoms. The number of halogens is 4. The van der Waals surface area contributed by atoms with Crippen molar-refractivity contribution in [2.24, 2.45) is 0 Å². The summed E-state index contributed by atoms with van der Waals surface area (Å²) in [5.74, 6) is -0.457. The summed E-state index contributed by atoms with van der Waals surface area (Å²) in [6.07, 6.45) is -4.70. The van der Waals surface area contributed by atoms with Crippen molar-refractivity contribution in [2.45, 2.75) is 6.18 Å². The lowest BCUT2D eigenvalue weighted by Crippen LogP contribution is -2.10. The van der Waals surface area contributed by atoms with Gasteiger partial charge in [-0.2, -0.15) is 13.2 Å². The van der Waals surface area contributed by atoms with E-state index in [-0.39, 0.29) is 16.0 Å². The predicted molar refractivity (Wildman–Crippen MR) is 54.2 cm³/mol. The number of phenolic OH excluding ortho intramolecular Hbond substituents is 1. The number of rotatable bonds is 0. The van der Waals surface area contributed by atoms with Crippen LogP contribution in [0.15, 0.2) is 27.4 Å². The molecule has 3 nitrogen and oxygen atoms in total. The highest BCUT2D eigenvalue weighted by atomic mass is 35.5. The quantitative estimate of drug-likeness (QED) is 0.744. The van der Waals surface area contributed by atoms with Crippen LogP contribution in [0.2, 0.25) is 5.02 Å². The van der Waals surface area contributed by atoms with Crippen LogP contribution in [0.5, 0.6) is 5.75 Å². The SMILES string of the molecule is O=c1cc(C(F)(F)F)c2cc(Cl)c(O)cc2o1. The van der Waals surface area contributed by atoms with Crippen molar-refractivity contribution in [3.63, 3.8) is 0 Å². The van der Waals surface area contributed by atoms with Crippen LogP contribution in [0.3, 0.4) is 0 Å². The van der Waals surface area contributed by atoms with Crippen LogP contribution in [0.25, 0.3) is 11.0 Å². The number of fused-ring (bicyclic) bond motifs is 1. The van der Waals surface area contributed by atoms with E-state index in [1.165, 1.54) is 0 Å². The molecule has 1 N–H and O–H groups in total. The van der Waals surface area contributed by atoms with Gasteiger partial charge in [0.15, 0.2) is 0 Å². The van der Waals surface area contributed by atoms with E-state index in [2.05, 4.69) is 4.42 Å². The Balaban J connectivity index is 2.93. The standard InChI is InChI=1S/C10H4ClF3O3/c11-6-1-4-5(10(12,13)14)2-9(16)17-8(4)3-7(6)15/h1-3,15H. The average molecular weight is 265 g/mol. The molecule has 7 heteroatoms. The minimum Gasteiger partial charge on any atom is -0.506 e. The smallest absolute Gasteiger partial charge is 0.417 e. The number of benzene rings is 1. The van der Waals surface area contributed by atoms with E-state index in [1.54, 1.807) is 0 Å². The van der Waals surface area contributed by atoms with Gasteiger partial charge in [0.25, 0.3) is 0 Å². The largest absolute Gasteiger partial charge is 0.506 e. The van der Waals surface area contributed by atoms with Crippen LogP contribution in [0.4, 0.5) is 13.2 Å². The third-order valence-corrected chi connectivity index (χ3v) is 2.42. The third-order valence-electron chi connectivity index (χ3n) is 2.12. The van der Waals surface area contributed by atoms with Crippen LogP contribution >= 0.6 is 11.6 Å². The number of hydrogen-bond acceptors (Lipinski definition) is 3. The lowest BCUT2D eigenvalue weighted by Gasteiger charge is -2.09. The van der Waals surface area contributed by atoms with Crippen LogP contribution in [-0.2, 0) is 6.18 Å². The average Bonchev–Trinajstić information content (AvgIpc) is 2.18. The van der Waals surface area contributed by atoms with Gasteiger partial charge in [0, 0.05) is 17.5 Å². The molecule has 2 rings (SSSR count). The maximum Gasteiger partial charge on any atom is 0.417 e. The molecule has 0 unspecified atom stereocenters. The Morgan fingerprint density at radius 2 is 1.88 bits per heavy atom. The first-order valence-electron chi connectivity index (χ1n) is 4.32. The van der Waals surface area contributed by atoms with E-state index in [0.29, 0.717) is 6.07 Å². The molecular weight excluding hydrogens is 261 g/mol. The molecule has 0 radical (unpaired) electrons. The molecule has 2 aromatic rings. The normalized spacial score (nSPS) is 12.0. The van der Waals surface area contributed by atoms with Crippen LogP contribution < -0.4 is 5.63 Å². The first-order chi connectivity index (χ1) is 7.79. The summed E-state index contributed by atoms with van der Waals surface area (Å²) in [7, 11) is 0. The van der Waals surface area contributed by atoms with E-state index in [4.69, 9.17) is 11.6 Å². The summed E-state index contributed by atoms with van der Waals surface area (Å²) in [4.78, 5) is 11.0. The Morgan fingerprint density at radius 3 is 2.47 bits per heavy atom. The van der Waals surface area contributed by atoms with Gasteiger partial charge in [0.05, 0.1) is 10.6 Å². The van der Waals surface area contributed by atoms with Gasteiger partial charge < -0.3 is 9.52 Å². The van der Waals surface area contributed by atoms with Gasteiger partial charge in [-0.3, -0.25) is 0 Å². The van der Waals surface area contributed by atoms with Crippen LogP contribution in [-0.4, -0.2) is 5.11 Å². The summed E-state index contributed by atoms with van der Waals surface area (Å²) >= 11 is 5.51. The predicted octanol–water partition coefficient (Wildman–Crippen LogP) is 3.17. The fraction of sp³-hybridized carbons (Fsp3) is 0.100. The van der Waals surface area contributed by atoms with Crippen molar-refractivity contribution < 1.29 is 22.7 Å². The molecule has 1 aromatic heterocycles. The minimum absolute atomic E-state index is 0.253. The van der Waals surface area contributed by atoms with E-state index in [9.17, 15) is 23.1 Å². The van der Waals surface area contributed by atoms with Crippen molar-refractivity contribution >= 4 is 22.6 Å². The monoisotopic (exact) mass is 264 g/mol. The Bertz CT molecular complexity index is 646. The zero-order chi connectivity index (χ0) is 12.8. The van der Waals surface area contributed by atoms with Crippen molar-refractivity contribution in [1.82, 2.24) is 0 Å². The maximum absolute atomic E-state index is 12.6. The van der Waals surface area contributed by atoms with Crippen molar-refractivity contribution in [2.75, 3.05) is 0 Å². The molecule has 0 saturated heterocycles. The van der Waals surface area contributed by atoms with Crippen molar-refractivity contribution in [1.29, 1.82) is 0 Å². The maximum atomic E-state index is 12.6. The molecule has 0 fully saturated rings. The number of hydrogen-bond donors (Lipinski definition) is 1. The van der Waals surface area contributed by atoms with E-state index in [0.717, 1.165) is 12.1 Å². The Hall–Kier alpha value is -1.69. The van der Waals surface area contributed by atoms with Gasteiger partial charge >= 0.3 is 11.8 Å². The van der Waals surface area contributed by atoms with Gasteiger partial charge in [-0.05, 0) is 6.07 Å². The highest BCUT2D eigenvalue weighted by Crippen LogP contribution is 2.37. The second-order valence-electron chi connectivity index (χ2n) is 3.28. The lowest BCUT2D eigenvalue weighted by molar-refractivity contribution is -0.136. The molecule has 0 aliphatic rings. The molecule has 0 aliphatic heterocycles. The van der Waals surface area contributed by atoms with Crippen LogP contribution in [0.1, 0.15) is 5.56 Å². The second-order valence-corrected chi connectivity index (χ2v) is 3.68. The highest BCUT2D eigenvalue weighted by Gasteiger charge is 2.34. The van der Waals surface area contributed by atoms with Gasteiger partial charge in [-0.25, -0.2) is 4.79 Å². The molecule has 0 aliphatic carbocycles. The molecule has 0 saturated carbocycles. The number of aromatic hydroxyl groups is 1. The summed E-state index contributed by atoms with van der Waals surface area (Å²) in [5, 5.41) is 8.60. The summed E-state index contributed by atoms with van der Waals surface area (Å²) in [6.45, 7) is 0. The van der Waals surface area contributed by atoms with E-state index < -0.39 is 23.1 Å². The highest BCUT2D eigenvalue weighted by molar-refractivity contribution is 6.32. The fourth-order valence-corrected chi connectivity index (χ4v) is 1.57. The Kier molecular flexibility index (Phi) is 2.54. The fourth-order valence-electron chi connectivity index (χ4n) is 1.41. The third kappa shape index (κ3) is 2.08. The Morgan fingerprint density at radius 1 is 1.24 bits per heavy atom.